The number of carbonyl (C=O) groups is 1. The number of rotatable bonds is 4. The Balaban J connectivity index is 1.79. The summed E-state index contributed by atoms with van der Waals surface area (Å²) in [5, 5.41) is 13.2. The van der Waals surface area contributed by atoms with Crippen LogP contribution in [0.5, 0.6) is 0 Å². The van der Waals surface area contributed by atoms with Crippen LogP contribution in [0.3, 0.4) is 0 Å². The molecule has 0 amide bonds. The number of halogens is 1. The maximum atomic E-state index is 12.4. The Bertz CT molecular complexity index is 897. The van der Waals surface area contributed by atoms with E-state index in [2.05, 4.69) is 16.4 Å². The zero-order valence-electron chi connectivity index (χ0n) is 11.8. The minimum Gasteiger partial charge on any atom is -0.331 e. The summed E-state index contributed by atoms with van der Waals surface area (Å²) in [6.45, 7) is 0. The number of aromatic nitrogens is 1. The summed E-state index contributed by atoms with van der Waals surface area (Å²) >= 11 is 7.09. The molecule has 0 fully saturated rings. The van der Waals surface area contributed by atoms with Crippen molar-refractivity contribution in [2.24, 2.45) is 0 Å². The Morgan fingerprint density at radius 2 is 2.00 bits per heavy atom. The molecule has 1 N–H and O–H groups in total. The van der Waals surface area contributed by atoms with E-state index in [0.29, 0.717) is 26.2 Å². The highest BCUT2D eigenvalue weighted by Crippen LogP contribution is 2.25. The van der Waals surface area contributed by atoms with E-state index in [1.54, 1.807) is 42.5 Å². The molecule has 6 heteroatoms. The average Bonchev–Trinajstić information content (AvgIpc) is 3.03. The molecule has 0 atom stereocenters. The molecule has 112 valence electrons. The molecular formula is C17H10ClN3OS. The van der Waals surface area contributed by atoms with E-state index in [1.165, 1.54) is 17.5 Å². The van der Waals surface area contributed by atoms with Crippen LogP contribution in [0.25, 0.3) is 0 Å². The summed E-state index contributed by atoms with van der Waals surface area (Å²) < 4.78 is 0. The van der Waals surface area contributed by atoms with Crippen LogP contribution >= 0.6 is 22.9 Å². The van der Waals surface area contributed by atoms with Crippen LogP contribution in [-0.4, -0.2) is 10.8 Å². The van der Waals surface area contributed by atoms with Crippen LogP contribution in [0.2, 0.25) is 5.02 Å². The molecule has 0 aliphatic rings. The maximum absolute atomic E-state index is 12.4. The molecule has 3 rings (SSSR count). The number of anilines is 2. The summed E-state index contributed by atoms with van der Waals surface area (Å²) in [4.78, 5) is 17.1. The van der Waals surface area contributed by atoms with Crippen molar-refractivity contribution in [2.75, 3.05) is 5.32 Å². The predicted octanol–water partition coefficient (Wildman–Crippen LogP) is 4.64. The molecule has 23 heavy (non-hydrogen) atoms. The Morgan fingerprint density at radius 1 is 1.22 bits per heavy atom. The first-order valence-corrected chi connectivity index (χ1v) is 7.88. The zero-order valence-corrected chi connectivity index (χ0v) is 13.4. The van der Waals surface area contributed by atoms with Gasteiger partial charge in [0.2, 0.25) is 5.78 Å². The summed E-state index contributed by atoms with van der Waals surface area (Å²) in [5.41, 5.74) is 1.88. The molecule has 0 unspecified atom stereocenters. The Hall–Kier alpha value is -2.68. The van der Waals surface area contributed by atoms with Gasteiger partial charge in [0.25, 0.3) is 0 Å². The summed E-state index contributed by atoms with van der Waals surface area (Å²) in [5.74, 6) is -0.0991. The van der Waals surface area contributed by atoms with Crippen LogP contribution in [0.15, 0.2) is 54.7 Å². The average molecular weight is 340 g/mol. The summed E-state index contributed by atoms with van der Waals surface area (Å²) in [7, 11) is 0. The van der Waals surface area contributed by atoms with Crippen LogP contribution in [0.1, 0.15) is 20.8 Å². The molecule has 3 aromatic rings. The van der Waals surface area contributed by atoms with E-state index in [1.807, 2.05) is 6.07 Å². The number of hydrogen-bond donors (Lipinski definition) is 1. The molecule has 0 radical (unpaired) electrons. The van der Waals surface area contributed by atoms with Crippen molar-refractivity contribution in [3.8, 4) is 6.07 Å². The topological polar surface area (TPSA) is 65.8 Å². The fourth-order valence-corrected chi connectivity index (χ4v) is 2.89. The Labute approximate surface area is 142 Å². The standard InChI is InChI=1S/C17H10ClN3OS/c18-13-6-4-12(5-7-13)16(22)15-10-20-17(23-15)21-14-3-1-2-11(8-14)9-19/h1-8,10H,(H,20,21). The zero-order chi connectivity index (χ0) is 16.2. The van der Waals surface area contributed by atoms with E-state index in [-0.39, 0.29) is 5.78 Å². The largest absolute Gasteiger partial charge is 0.331 e. The quantitative estimate of drug-likeness (QED) is 0.703. The molecule has 0 spiro atoms. The van der Waals surface area contributed by atoms with Gasteiger partial charge >= 0.3 is 0 Å². The van der Waals surface area contributed by atoms with Gasteiger partial charge in [0.15, 0.2) is 5.13 Å². The minimum atomic E-state index is -0.0991. The molecular weight excluding hydrogens is 330 g/mol. The van der Waals surface area contributed by atoms with Crippen molar-refractivity contribution in [1.29, 1.82) is 5.26 Å². The maximum Gasteiger partial charge on any atom is 0.204 e. The lowest BCUT2D eigenvalue weighted by molar-refractivity contribution is 0.104. The molecule has 2 aromatic carbocycles. The van der Waals surface area contributed by atoms with Gasteiger partial charge in [-0.1, -0.05) is 29.0 Å². The molecule has 0 saturated carbocycles. The van der Waals surface area contributed by atoms with Crippen molar-refractivity contribution in [3.05, 3.63) is 75.8 Å². The van der Waals surface area contributed by atoms with Gasteiger partial charge in [-0.25, -0.2) is 4.98 Å². The fraction of sp³-hybridized carbons (Fsp3) is 0. The van der Waals surface area contributed by atoms with E-state index < -0.39 is 0 Å². The van der Waals surface area contributed by atoms with Gasteiger partial charge in [0.05, 0.1) is 22.7 Å². The van der Waals surface area contributed by atoms with Crippen molar-refractivity contribution in [1.82, 2.24) is 4.98 Å². The van der Waals surface area contributed by atoms with Crippen LogP contribution in [0, 0.1) is 11.3 Å². The number of carbonyl (C=O) groups excluding carboxylic acids is 1. The second-order valence-electron chi connectivity index (χ2n) is 4.68. The highest BCUT2D eigenvalue weighted by Gasteiger charge is 2.13. The summed E-state index contributed by atoms with van der Waals surface area (Å²) in [6, 6.07) is 15.9. The van der Waals surface area contributed by atoms with Crippen LogP contribution in [-0.2, 0) is 0 Å². The van der Waals surface area contributed by atoms with Crippen LogP contribution < -0.4 is 5.32 Å². The van der Waals surface area contributed by atoms with Gasteiger partial charge in [-0.05, 0) is 42.5 Å². The second kappa shape index (κ2) is 6.61. The number of nitriles is 1. The van der Waals surface area contributed by atoms with E-state index in [9.17, 15) is 4.79 Å². The molecule has 1 aromatic heterocycles. The van der Waals surface area contributed by atoms with Crippen molar-refractivity contribution in [2.45, 2.75) is 0 Å². The molecule has 0 saturated heterocycles. The van der Waals surface area contributed by atoms with E-state index in [0.717, 1.165) is 5.69 Å². The van der Waals surface area contributed by atoms with Gasteiger partial charge < -0.3 is 5.32 Å². The van der Waals surface area contributed by atoms with Crippen molar-refractivity contribution in [3.63, 3.8) is 0 Å². The van der Waals surface area contributed by atoms with Gasteiger partial charge in [0.1, 0.15) is 0 Å². The number of thiazole rings is 1. The van der Waals surface area contributed by atoms with Gasteiger partial charge in [-0.3, -0.25) is 4.79 Å². The lowest BCUT2D eigenvalue weighted by Crippen LogP contribution is -1.97. The first kappa shape index (κ1) is 15.2. The molecule has 1 heterocycles. The monoisotopic (exact) mass is 339 g/mol. The van der Waals surface area contributed by atoms with Crippen molar-refractivity contribution >= 4 is 39.5 Å². The third-order valence-electron chi connectivity index (χ3n) is 3.08. The first-order valence-electron chi connectivity index (χ1n) is 6.69. The minimum absolute atomic E-state index is 0.0991. The van der Waals surface area contributed by atoms with Gasteiger partial charge in [0, 0.05) is 16.3 Å². The number of hydrogen-bond acceptors (Lipinski definition) is 5. The molecule has 0 bridgehead atoms. The molecule has 0 aliphatic carbocycles. The number of nitrogens with one attached hydrogen (secondary N) is 1. The number of benzene rings is 2. The number of nitrogens with zero attached hydrogens (tertiary/aromatic N) is 2. The predicted molar refractivity (Wildman–Crippen MR) is 91.4 cm³/mol. The third kappa shape index (κ3) is 3.57. The second-order valence-corrected chi connectivity index (χ2v) is 6.15. The number of ketones is 1. The van der Waals surface area contributed by atoms with Crippen LogP contribution in [0.4, 0.5) is 10.8 Å². The SMILES string of the molecule is N#Cc1cccc(Nc2ncc(C(=O)c3ccc(Cl)cc3)s2)c1. The normalized spacial score (nSPS) is 10.1. The summed E-state index contributed by atoms with van der Waals surface area (Å²) in [6.07, 6.45) is 1.54. The highest BCUT2D eigenvalue weighted by molar-refractivity contribution is 7.17. The molecule has 4 nitrogen and oxygen atoms in total. The molecule has 0 aliphatic heterocycles. The van der Waals surface area contributed by atoms with E-state index >= 15 is 0 Å². The highest BCUT2D eigenvalue weighted by atomic mass is 35.5. The lowest BCUT2D eigenvalue weighted by atomic mass is 10.1. The van der Waals surface area contributed by atoms with E-state index in [4.69, 9.17) is 16.9 Å². The first-order chi connectivity index (χ1) is 11.2. The lowest BCUT2D eigenvalue weighted by Gasteiger charge is -2.02. The third-order valence-corrected chi connectivity index (χ3v) is 4.24. The Kier molecular flexibility index (Phi) is 4.38. The van der Waals surface area contributed by atoms with Gasteiger partial charge in [-0.15, -0.1) is 0 Å². The Morgan fingerprint density at radius 3 is 2.74 bits per heavy atom. The smallest absolute Gasteiger partial charge is 0.204 e. The van der Waals surface area contributed by atoms with Gasteiger partial charge in [-0.2, -0.15) is 5.26 Å². The fourth-order valence-electron chi connectivity index (χ4n) is 1.97. The van der Waals surface area contributed by atoms with Crippen molar-refractivity contribution < 1.29 is 4.79 Å².